The molecule has 1 aromatic heterocycles. The molecule has 5 N–H and O–H groups in total. The molecule has 1 fully saturated rings. The number of halogens is 1. The van der Waals surface area contributed by atoms with Crippen LogP contribution >= 0.6 is 11.6 Å². The quantitative estimate of drug-likeness (QED) is 0.496. The Morgan fingerprint density at radius 3 is 2.72 bits per heavy atom. The number of hydrogen-bond acceptors (Lipinski definition) is 7. The molecule has 0 saturated carbocycles. The van der Waals surface area contributed by atoms with Gasteiger partial charge in [-0.05, 0) is 0 Å². The molecule has 0 aliphatic carbocycles. The topological polar surface area (TPSA) is 131 Å². The van der Waals surface area contributed by atoms with Crippen LogP contribution in [0.3, 0.4) is 0 Å². The van der Waals surface area contributed by atoms with Crippen molar-refractivity contribution in [2.45, 2.75) is 24.5 Å². The molecular weight excluding hydrogens is 266 g/mol. The predicted octanol–water partition coefficient (Wildman–Crippen LogP) is -1.91. The summed E-state index contributed by atoms with van der Waals surface area (Å²) in [6.07, 6.45) is -3.67. The maximum atomic E-state index is 11.6. The lowest BCUT2D eigenvalue weighted by Gasteiger charge is -2.17. The Morgan fingerprint density at radius 1 is 1.50 bits per heavy atom. The maximum Gasteiger partial charge on any atom is 0.351 e. The van der Waals surface area contributed by atoms with Crippen molar-refractivity contribution < 1.29 is 20.1 Å². The fourth-order valence-corrected chi connectivity index (χ4v) is 1.90. The molecule has 0 amide bonds. The van der Waals surface area contributed by atoms with E-state index in [4.69, 9.17) is 27.2 Å². The fourth-order valence-electron chi connectivity index (χ4n) is 1.75. The summed E-state index contributed by atoms with van der Waals surface area (Å²) in [4.78, 5) is 15.1. The minimum atomic E-state index is -1.37. The van der Waals surface area contributed by atoms with Gasteiger partial charge in [0.15, 0.2) is 6.23 Å². The lowest BCUT2D eigenvalue weighted by Crippen LogP contribution is -2.36. The molecule has 1 saturated heterocycles. The molecule has 0 unspecified atom stereocenters. The van der Waals surface area contributed by atoms with Gasteiger partial charge < -0.3 is 25.8 Å². The molecule has 0 bridgehead atoms. The monoisotopic (exact) mass is 277 g/mol. The highest BCUT2D eigenvalue weighted by Crippen LogP contribution is 2.29. The van der Waals surface area contributed by atoms with Crippen LogP contribution in [0, 0.1) is 0 Å². The number of nitrogens with two attached hydrogens (primary N) is 1. The van der Waals surface area contributed by atoms with Crippen molar-refractivity contribution >= 4 is 17.4 Å². The predicted molar refractivity (Wildman–Crippen MR) is 60.9 cm³/mol. The number of aliphatic hydroxyl groups is 3. The van der Waals surface area contributed by atoms with Gasteiger partial charge >= 0.3 is 5.69 Å². The molecule has 2 heterocycles. The van der Waals surface area contributed by atoms with E-state index in [9.17, 15) is 15.0 Å². The summed E-state index contributed by atoms with van der Waals surface area (Å²) in [5.74, 6) is -0.135. The van der Waals surface area contributed by atoms with E-state index in [0.29, 0.717) is 0 Å². The van der Waals surface area contributed by atoms with Gasteiger partial charge in [-0.15, -0.1) is 0 Å². The van der Waals surface area contributed by atoms with Crippen LogP contribution in [0.2, 0.25) is 5.02 Å². The van der Waals surface area contributed by atoms with Gasteiger partial charge in [0, 0.05) is 6.20 Å². The van der Waals surface area contributed by atoms with Gasteiger partial charge in [0.2, 0.25) is 0 Å². The van der Waals surface area contributed by atoms with Crippen molar-refractivity contribution in [3.8, 4) is 0 Å². The van der Waals surface area contributed by atoms with E-state index in [1.807, 2.05) is 0 Å². The van der Waals surface area contributed by atoms with Crippen molar-refractivity contribution in [2.24, 2.45) is 0 Å². The molecule has 2 rings (SSSR count). The minimum Gasteiger partial charge on any atom is -0.394 e. The Labute approximate surface area is 106 Å². The van der Waals surface area contributed by atoms with Gasteiger partial charge in [-0.3, -0.25) is 4.57 Å². The lowest BCUT2D eigenvalue weighted by molar-refractivity contribution is -0.0549. The molecule has 18 heavy (non-hydrogen) atoms. The molecule has 9 heteroatoms. The van der Waals surface area contributed by atoms with Gasteiger partial charge in [-0.1, -0.05) is 11.6 Å². The van der Waals surface area contributed by atoms with E-state index in [-0.39, 0.29) is 10.8 Å². The Kier molecular flexibility index (Phi) is 3.55. The molecule has 1 aromatic rings. The van der Waals surface area contributed by atoms with Gasteiger partial charge in [-0.25, -0.2) is 4.79 Å². The van der Waals surface area contributed by atoms with Crippen LogP contribution < -0.4 is 11.4 Å². The third kappa shape index (κ3) is 2.08. The van der Waals surface area contributed by atoms with E-state index in [1.165, 1.54) is 0 Å². The number of aromatic nitrogens is 2. The molecule has 0 spiro atoms. The third-order valence-electron chi connectivity index (χ3n) is 2.73. The molecular formula is C9H12ClN3O5. The molecule has 1 aliphatic heterocycles. The van der Waals surface area contributed by atoms with Crippen molar-refractivity contribution in [1.82, 2.24) is 9.55 Å². The lowest BCUT2D eigenvalue weighted by atomic mass is 10.1. The van der Waals surface area contributed by atoms with Crippen LogP contribution in [0.25, 0.3) is 0 Å². The highest BCUT2D eigenvalue weighted by Gasteiger charge is 2.43. The molecule has 0 aromatic carbocycles. The summed E-state index contributed by atoms with van der Waals surface area (Å²) in [5, 5.41) is 28.3. The number of rotatable bonds is 2. The van der Waals surface area contributed by atoms with Gasteiger partial charge in [-0.2, -0.15) is 4.98 Å². The van der Waals surface area contributed by atoms with Crippen LogP contribution in [0.15, 0.2) is 11.0 Å². The van der Waals surface area contributed by atoms with Crippen LogP contribution in [0.4, 0.5) is 5.82 Å². The van der Waals surface area contributed by atoms with Crippen LogP contribution in [-0.2, 0) is 4.74 Å². The Balaban J connectivity index is 2.39. The van der Waals surface area contributed by atoms with Crippen molar-refractivity contribution in [2.75, 3.05) is 12.3 Å². The second kappa shape index (κ2) is 4.82. The Morgan fingerprint density at radius 2 is 2.17 bits per heavy atom. The average Bonchev–Trinajstić information content (AvgIpc) is 2.61. The SMILES string of the molecule is Nc1nc(=O)n([C@@H]2O[C@H](CO)[C@H](O)[C@@H]2O)cc1Cl. The van der Waals surface area contributed by atoms with E-state index in [2.05, 4.69) is 4.98 Å². The smallest absolute Gasteiger partial charge is 0.351 e. The van der Waals surface area contributed by atoms with Crippen LogP contribution in [0.1, 0.15) is 6.23 Å². The number of ether oxygens (including phenoxy) is 1. The zero-order valence-electron chi connectivity index (χ0n) is 9.10. The molecule has 100 valence electrons. The summed E-state index contributed by atoms with van der Waals surface area (Å²) in [5.41, 5.74) is 4.58. The third-order valence-corrected chi connectivity index (χ3v) is 3.02. The van der Waals surface area contributed by atoms with Gasteiger partial charge in [0.1, 0.15) is 24.1 Å². The number of anilines is 1. The van der Waals surface area contributed by atoms with Crippen molar-refractivity contribution in [3.05, 3.63) is 21.7 Å². The summed E-state index contributed by atoms with van der Waals surface area (Å²) < 4.78 is 6.09. The summed E-state index contributed by atoms with van der Waals surface area (Å²) in [7, 11) is 0. The van der Waals surface area contributed by atoms with E-state index < -0.39 is 36.8 Å². The molecule has 1 aliphatic rings. The minimum absolute atomic E-state index is 0.0207. The van der Waals surface area contributed by atoms with Crippen LogP contribution in [0.5, 0.6) is 0 Å². The van der Waals surface area contributed by atoms with E-state index in [1.54, 1.807) is 0 Å². The molecule has 0 radical (unpaired) electrons. The van der Waals surface area contributed by atoms with Gasteiger partial charge in [0.05, 0.1) is 11.6 Å². The zero-order valence-corrected chi connectivity index (χ0v) is 9.86. The number of nitrogen functional groups attached to an aromatic ring is 1. The maximum absolute atomic E-state index is 11.6. The Bertz CT molecular complexity index is 507. The second-order valence-corrected chi connectivity index (χ2v) is 4.30. The highest BCUT2D eigenvalue weighted by molar-refractivity contribution is 6.32. The average molecular weight is 278 g/mol. The van der Waals surface area contributed by atoms with Crippen LogP contribution in [-0.4, -0.2) is 49.8 Å². The molecule has 8 nitrogen and oxygen atoms in total. The van der Waals surface area contributed by atoms with E-state index in [0.717, 1.165) is 10.8 Å². The first-order valence-corrected chi connectivity index (χ1v) is 5.50. The Hall–Kier alpha value is -1.19. The normalized spacial score (nSPS) is 31.8. The number of nitrogens with zero attached hydrogens (tertiary/aromatic N) is 2. The summed E-state index contributed by atoms with van der Waals surface area (Å²) in [6.45, 7) is -0.486. The fraction of sp³-hybridized carbons (Fsp3) is 0.556. The first-order chi connectivity index (χ1) is 8.45. The first kappa shape index (κ1) is 13.2. The van der Waals surface area contributed by atoms with Crippen molar-refractivity contribution in [1.29, 1.82) is 0 Å². The highest BCUT2D eigenvalue weighted by atomic mass is 35.5. The van der Waals surface area contributed by atoms with E-state index >= 15 is 0 Å². The number of hydrogen-bond donors (Lipinski definition) is 4. The summed E-state index contributed by atoms with van der Waals surface area (Å²) >= 11 is 5.72. The molecule has 4 atom stereocenters. The second-order valence-electron chi connectivity index (χ2n) is 3.89. The largest absolute Gasteiger partial charge is 0.394 e. The zero-order chi connectivity index (χ0) is 13.4. The van der Waals surface area contributed by atoms with Crippen molar-refractivity contribution in [3.63, 3.8) is 0 Å². The standard InChI is InChI=1S/C9H12ClN3O5/c10-3-1-13(9(17)12-7(3)11)8-6(16)5(15)4(2-14)18-8/h1,4-6,8,14-16H,2H2,(H2,11,12,17)/t4-,5+,6+,8-/m1/s1. The first-order valence-electron chi connectivity index (χ1n) is 5.12. The van der Waals surface area contributed by atoms with Gasteiger partial charge in [0.25, 0.3) is 0 Å². The summed E-state index contributed by atoms with van der Waals surface area (Å²) in [6, 6.07) is 0. The number of aliphatic hydroxyl groups excluding tert-OH is 3.